The van der Waals surface area contributed by atoms with Crippen molar-refractivity contribution in [2.24, 2.45) is 0 Å². The molecule has 2 saturated heterocycles. The second-order valence-electron chi connectivity index (χ2n) is 7.88. The molecular weight excluding hydrogens is 368 g/mol. The topological polar surface area (TPSA) is 67.8 Å². The summed E-state index contributed by atoms with van der Waals surface area (Å²) in [5, 5.41) is 8.60. The van der Waals surface area contributed by atoms with E-state index in [1.165, 1.54) is 5.56 Å². The van der Waals surface area contributed by atoms with Gasteiger partial charge in [-0.1, -0.05) is 30.3 Å². The summed E-state index contributed by atoms with van der Waals surface area (Å²) >= 11 is 0. The molecule has 1 aromatic carbocycles. The first-order valence-corrected chi connectivity index (χ1v) is 10.3. The lowest BCUT2D eigenvalue weighted by atomic mass is 10.0. The minimum absolute atomic E-state index is 0.0870. The summed E-state index contributed by atoms with van der Waals surface area (Å²) in [5.74, 6) is 0.198. The standard InChI is InChI=1S/C22H28N4O3/c1-17(2)26(16-18-6-4-3-5-7-18)20-9-8-19(23-24-20)21(27)25-12-10-22(11-13-25)28-14-15-29-22/h3-9,17H,10-16H2,1-2H3. The lowest BCUT2D eigenvalue weighted by Crippen LogP contribution is -2.47. The van der Waals surface area contributed by atoms with Gasteiger partial charge >= 0.3 is 0 Å². The Hall–Kier alpha value is -2.51. The number of piperidine rings is 1. The first-order chi connectivity index (χ1) is 14.1. The van der Waals surface area contributed by atoms with Crippen LogP contribution in [0.4, 0.5) is 5.82 Å². The maximum Gasteiger partial charge on any atom is 0.274 e. The third kappa shape index (κ3) is 4.41. The van der Waals surface area contributed by atoms with E-state index in [1.54, 1.807) is 6.07 Å². The van der Waals surface area contributed by atoms with Crippen LogP contribution >= 0.6 is 0 Å². The van der Waals surface area contributed by atoms with Crippen molar-refractivity contribution < 1.29 is 14.3 Å². The molecule has 154 valence electrons. The lowest BCUT2D eigenvalue weighted by Gasteiger charge is -2.37. The first-order valence-electron chi connectivity index (χ1n) is 10.3. The quantitative estimate of drug-likeness (QED) is 0.774. The number of amides is 1. The van der Waals surface area contributed by atoms with Crippen LogP contribution in [0.5, 0.6) is 0 Å². The molecule has 7 heteroatoms. The summed E-state index contributed by atoms with van der Waals surface area (Å²) < 4.78 is 11.5. The van der Waals surface area contributed by atoms with E-state index in [-0.39, 0.29) is 11.9 Å². The predicted octanol–water partition coefficient (Wildman–Crippen LogP) is 2.87. The molecule has 2 aromatic rings. The fraction of sp³-hybridized carbons (Fsp3) is 0.500. The Kier molecular flexibility index (Phi) is 5.78. The van der Waals surface area contributed by atoms with Gasteiger partial charge in [0.25, 0.3) is 5.91 Å². The van der Waals surface area contributed by atoms with Crippen LogP contribution in [0.2, 0.25) is 0 Å². The molecular formula is C22H28N4O3. The minimum atomic E-state index is -0.485. The third-order valence-corrected chi connectivity index (χ3v) is 5.61. The number of carbonyl (C=O) groups excluding carboxylic acids is 1. The van der Waals surface area contributed by atoms with E-state index in [0.29, 0.717) is 44.8 Å². The number of benzene rings is 1. The SMILES string of the molecule is CC(C)N(Cc1ccccc1)c1ccc(C(=O)N2CCC3(CC2)OCCO3)nn1. The second-order valence-corrected chi connectivity index (χ2v) is 7.88. The van der Waals surface area contributed by atoms with Gasteiger partial charge in [0, 0.05) is 38.5 Å². The number of carbonyl (C=O) groups is 1. The van der Waals surface area contributed by atoms with Crippen LogP contribution < -0.4 is 4.90 Å². The predicted molar refractivity (Wildman–Crippen MR) is 110 cm³/mol. The fourth-order valence-corrected chi connectivity index (χ4v) is 3.90. The summed E-state index contributed by atoms with van der Waals surface area (Å²) in [6.07, 6.45) is 1.39. The number of nitrogens with zero attached hydrogens (tertiary/aromatic N) is 4. The van der Waals surface area contributed by atoms with E-state index in [0.717, 1.165) is 12.4 Å². The van der Waals surface area contributed by atoms with Crippen LogP contribution in [0.25, 0.3) is 0 Å². The molecule has 1 spiro atoms. The van der Waals surface area contributed by atoms with Gasteiger partial charge in [0.15, 0.2) is 17.3 Å². The molecule has 0 N–H and O–H groups in total. The Bertz CT molecular complexity index is 810. The molecule has 0 saturated carbocycles. The fourth-order valence-electron chi connectivity index (χ4n) is 3.90. The number of aromatic nitrogens is 2. The summed E-state index contributed by atoms with van der Waals surface area (Å²) in [7, 11) is 0. The van der Waals surface area contributed by atoms with Crippen LogP contribution in [-0.2, 0) is 16.0 Å². The van der Waals surface area contributed by atoms with Crippen molar-refractivity contribution in [1.82, 2.24) is 15.1 Å². The highest BCUT2D eigenvalue weighted by Crippen LogP contribution is 2.31. The molecule has 2 aliphatic heterocycles. The highest BCUT2D eigenvalue weighted by Gasteiger charge is 2.41. The maximum atomic E-state index is 12.8. The zero-order valence-corrected chi connectivity index (χ0v) is 17.1. The van der Waals surface area contributed by atoms with Crippen LogP contribution in [0.1, 0.15) is 42.7 Å². The van der Waals surface area contributed by atoms with Gasteiger partial charge in [0.1, 0.15) is 0 Å². The number of ether oxygens (including phenoxy) is 2. The molecule has 0 aliphatic carbocycles. The minimum Gasteiger partial charge on any atom is -0.348 e. The van der Waals surface area contributed by atoms with Crippen molar-refractivity contribution in [3.05, 3.63) is 53.7 Å². The van der Waals surface area contributed by atoms with Gasteiger partial charge in [-0.2, -0.15) is 0 Å². The van der Waals surface area contributed by atoms with E-state index in [2.05, 4.69) is 41.1 Å². The Labute approximate surface area is 171 Å². The molecule has 2 fully saturated rings. The van der Waals surface area contributed by atoms with Crippen LogP contribution in [-0.4, -0.2) is 59.1 Å². The second kappa shape index (κ2) is 8.47. The molecule has 7 nitrogen and oxygen atoms in total. The van der Waals surface area contributed by atoms with Crippen LogP contribution in [0, 0.1) is 0 Å². The van der Waals surface area contributed by atoms with Crippen molar-refractivity contribution in [3.63, 3.8) is 0 Å². The van der Waals surface area contributed by atoms with E-state index in [4.69, 9.17) is 9.47 Å². The smallest absolute Gasteiger partial charge is 0.274 e. The van der Waals surface area contributed by atoms with Crippen molar-refractivity contribution in [2.75, 3.05) is 31.2 Å². The number of likely N-dealkylation sites (tertiary alicyclic amines) is 1. The Morgan fingerprint density at radius 2 is 1.76 bits per heavy atom. The van der Waals surface area contributed by atoms with Crippen LogP contribution in [0.3, 0.4) is 0 Å². The van der Waals surface area contributed by atoms with Gasteiger partial charge in [-0.25, -0.2) is 0 Å². The van der Waals surface area contributed by atoms with Gasteiger partial charge in [-0.15, -0.1) is 10.2 Å². The molecule has 0 radical (unpaired) electrons. The van der Waals surface area contributed by atoms with Crippen molar-refractivity contribution in [1.29, 1.82) is 0 Å². The molecule has 1 amide bonds. The number of anilines is 1. The van der Waals surface area contributed by atoms with E-state index >= 15 is 0 Å². The number of hydrogen-bond acceptors (Lipinski definition) is 6. The Morgan fingerprint density at radius 1 is 1.07 bits per heavy atom. The highest BCUT2D eigenvalue weighted by molar-refractivity contribution is 5.92. The van der Waals surface area contributed by atoms with Gasteiger partial charge in [-0.05, 0) is 31.5 Å². The maximum absolute atomic E-state index is 12.8. The first kappa shape index (κ1) is 19.8. The van der Waals surface area contributed by atoms with Crippen molar-refractivity contribution >= 4 is 11.7 Å². The third-order valence-electron chi connectivity index (χ3n) is 5.61. The average molecular weight is 396 g/mol. The molecule has 29 heavy (non-hydrogen) atoms. The van der Waals surface area contributed by atoms with Gasteiger partial charge in [0.05, 0.1) is 13.2 Å². The molecule has 2 aliphatic rings. The van der Waals surface area contributed by atoms with Crippen molar-refractivity contribution in [2.45, 2.75) is 45.1 Å². The van der Waals surface area contributed by atoms with Gasteiger partial charge in [-0.3, -0.25) is 4.79 Å². The van der Waals surface area contributed by atoms with E-state index in [1.807, 2.05) is 29.2 Å². The number of rotatable bonds is 5. The molecule has 1 aromatic heterocycles. The molecule has 0 unspecified atom stereocenters. The molecule has 3 heterocycles. The highest BCUT2D eigenvalue weighted by atomic mass is 16.7. The Balaban J connectivity index is 1.42. The summed E-state index contributed by atoms with van der Waals surface area (Å²) in [6.45, 7) is 7.48. The number of hydrogen-bond donors (Lipinski definition) is 0. The lowest BCUT2D eigenvalue weighted by molar-refractivity contribution is -0.181. The van der Waals surface area contributed by atoms with E-state index in [9.17, 15) is 4.79 Å². The summed E-state index contributed by atoms with van der Waals surface area (Å²) in [4.78, 5) is 16.8. The van der Waals surface area contributed by atoms with Crippen molar-refractivity contribution in [3.8, 4) is 0 Å². The Morgan fingerprint density at radius 3 is 2.34 bits per heavy atom. The van der Waals surface area contributed by atoms with Crippen LogP contribution in [0.15, 0.2) is 42.5 Å². The van der Waals surface area contributed by atoms with E-state index < -0.39 is 5.79 Å². The normalized spacial score (nSPS) is 18.4. The molecule has 4 rings (SSSR count). The molecule has 0 bridgehead atoms. The zero-order chi connectivity index (χ0) is 20.3. The summed E-state index contributed by atoms with van der Waals surface area (Å²) in [6, 6.07) is 14.2. The summed E-state index contributed by atoms with van der Waals surface area (Å²) in [5.41, 5.74) is 1.59. The van der Waals surface area contributed by atoms with Gasteiger partial charge in [0.2, 0.25) is 0 Å². The molecule has 0 atom stereocenters. The monoisotopic (exact) mass is 396 g/mol. The average Bonchev–Trinajstić information content (AvgIpc) is 3.21. The zero-order valence-electron chi connectivity index (χ0n) is 17.1. The van der Waals surface area contributed by atoms with Gasteiger partial charge < -0.3 is 19.3 Å². The largest absolute Gasteiger partial charge is 0.348 e.